The van der Waals surface area contributed by atoms with E-state index in [9.17, 15) is 13.2 Å². The molecule has 1 saturated heterocycles. The first-order valence-corrected chi connectivity index (χ1v) is 8.12. The van der Waals surface area contributed by atoms with Crippen LogP contribution in [0.25, 0.3) is 0 Å². The summed E-state index contributed by atoms with van der Waals surface area (Å²) in [6.07, 6.45) is 0.716. The lowest BCUT2D eigenvalue weighted by Gasteiger charge is -2.10. The molecule has 116 valence electrons. The molecular weight excluding hydrogens is 294 g/mol. The highest BCUT2D eigenvalue weighted by Crippen LogP contribution is 2.22. The van der Waals surface area contributed by atoms with Crippen LogP contribution in [-0.4, -0.2) is 33.6 Å². The second-order valence-corrected chi connectivity index (χ2v) is 6.78. The number of nitrogens with one attached hydrogen (secondary N) is 1. The lowest BCUT2D eigenvalue weighted by atomic mass is 10.0. The molecule has 0 aliphatic carbocycles. The molecule has 1 fully saturated rings. The van der Waals surface area contributed by atoms with Gasteiger partial charge in [-0.1, -0.05) is 6.07 Å². The normalized spacial score (nSPS) is 22.1. The molecule has 5 N–H and O–H groups in total. The Balaban J connectivity index is 1.96. The predicted molar refractivity (Wildman–Crippen MR) is 77.7 cm³/mol. The number of nitrogens with two attached hydrogens (primary N) is 2. The topological polar surface area (TPSA) is 125 Å². The quantitative estimate of drug-likeness (QED) is 0.648. The highest BCUT2D eigenvalue weighted by molar-refractivity contribution is 7.90. The van der Waals surface area contributed by atoms with E-state index in [1.807, 2.05) is 0 Å². The van der Waals surface area contributed by atoms with E-state index < -0.39 is 15.9 Å². The Bertz CT molecular complexity index is 618. The van der Waals surface area contributed by atoms with Crippen molar-refractivity contribution in [3.63, 3.8) is 0 Å². The molecule has 7 nitrogen and oxygen atoms in total. The molecular formula is C13H19N3O4S. The number of hydrogen-bond donors (Lipinski definition) is 3. The summed E-state index contributed by atoms with van der Waals surface area (Å²) in [5, 5.41) is 0. The standard InChI is InChI=1S/C13H19N3O4S/c14-7-11-4-9(8-20-11)5-13(17)16-21(18,19)12-3-1-2-10(15)6-12/h1-3,6,9,11H,4-5,7-8,14-15H2,(H,16,17). The van der Waals surface area contributed by atoms with Gasteiger partial charge in [-0.05, 0) is 30.5 Å². The van der Waals surface area contributed by atoms with E-state index in [-0.39, 0.29) is 23.3 Å². The van der Waals surface area contributed by atoms with Gasteiger partial charge in [0, 0.05) is 18.7 Å². The maximum Gasteiger partial charge on any atom is 0.264 e. The Labute approximate surface area is 123 Å². The number of carbonyl (C=O) groups excluding carboxylic acids is 1. The van der Waals surface area contributed by atoms with Crippen LogP contribution < -0.4 is 16.2 Å². The van der Waals surface area contributed by atoms with Crippen LogP contribution >= 0.6 is 0 Å². The fourth-order valence-electron chi connectivity index (χ4n) is 2.28. The van der Waals surface area contributed by atoms with Gasteiger partial charge in [-0.2, -0.15) is 0 Å². The summed E-state index contributed by atoms with van der Waals surface area (Å²) in [4.78, 5) is 11.8. The van der Waals surface area contributed by atoms with Crippen molar-refractivity contribution in [1.82, 2.24) is 4.72 Å². The van der Waals surface area contributed by atoms with Gasteiger partial charge >= 0.3 is 0 Å². The molecule has 2 rings (SSSR count). The van der Waals surface area contributed by atoms with Gasteiger partial charge in [0.25, 0.3) is 10.0 Å². The third-order valence-corrected chi connectivity index (χ3v) is 4.69. The van der Waals surface area contributed by atoms with E-state index in [0.29, 0.717) is 25.3 Å². The van der Waals surface area contributed by atoms with Crippen molar-refractivity contribution < 1.29 is 17.9 Å². The molecule has 8 heteroatoms. The summed E-state index contributed by atoms with van der Waals surface area (Å²) in [6, 6.07) is 5.78. The largest absolute Gasteiger partial charge is 0.399 e. The van der Waals surface area contributed by atoms with Gasteiger partial charge in [0.05, 0.1) is 17.6 Å². The number of carbonyl (C=O) groups is 1. The minimum atomic E-state index is -3.89. The smallest absolute Gasteiger partial charge is 0.264 e. The molecule has 1 aliphatic rings. The molecule has 1 heterocycles. The highest BCUT2D eigenvalue weighted by Gasteiger charge is 2.28. The summed E-state index contributed by atoms with van der Waals surface area (Å²) >= 11 is 0. The summed E-state index contributed by atoms with van der Waals surface area (Å²) < 4.78 is 31.5. The summed E-state index contributed by atoms with van der Waals surface area (Å²) in [6.45, 7) is 0.827. The molecule has 2 atom stereocenters. The number of anilines is 1. The molecule has 1 amide bonds. The number of rotatable bonds is 5. The molecule has 2 unspecified atom stereocenters. The average molecular weight is 313 g/mol. The van der Waals surface area contributed by atoms with Gasteiger partial charge in [-0.25, -0.2) is 13.1 Å². The Morgan fingerprint density at radius 2 is 2.19 bits per heavy atom. The van der Waals surface area contributed by atoms with E-state index in [1.165, 1.54) is 18.2 Å². The number of benzene rings is 1. The van der Waals surface area contributed by atoms with Gasteiger partial charge in [-0.3, -0.25) is 4.79 Å². The van der Waals surface area contributed by atoms with E-state index in [1.54, 1.807) is 6.07 Å². The molecule has 21 heavy (non-hydrogen) atoms. The zero-order chi connectivity index (χ0) is 15.5. The minimum Gasteiger partial charge on any atom is -0.399 e. The van der Waals surface area contributed by atoms with Gasteiger partial charge in [0.2, 0.25) is 5.91 Å². The van der Waals surface area contributed by atoms with E-state index >= 15 is 0 Å². The van der Waals surface area contributed by atoms with Crippen molar-refractivity contribution in [2.24, 2.45) is 11.7 Å². The Morgan fingerprint density at radius 1 is 1.43 bits per heavy atom. The molecule has 1 aromatic carbocycles. The first-order chi connectivity index (χ1) is 9.90. The first kappa shape index (κ1) is 15.7. The fraction of sp³-hybridized carbons (Fsp3) is 0.462. The van der Waals surface area contributed by atoms with Crippen LogP contribution in [-0.2, 0) is 19.6 Å². The molecule has 0 bridgehead atoms. The minimum absolute atomic E-state index is 0.00501. The summed E-state index contributed by atoms with van der Waals surface area (Å²) in [5.41, 5.74) is 11.3. The Morgan fingerprint density at radius 3 is 2.81 bits per heavy atom. The second kappa shape index (κ2) is 6.42. The van der Waals surface area contributed by atoms with Crippen LogP contribution in [0.5, 0.6) is 0 Å². The monoisotopic (exact) mass is 313 g/mol. The van der Waals surface area contributed by atoms with Crippen molar-refractivity contribution >= 4 is 21.6 Å². The van der Waals surface area contributed by atoms with Gasteiger partial charge in [0.15, 0.2) is 0 Å². The molecule has 0 radical (unpaired) electrons. The van der Waals surface area contributed by atoms with Crippen molar-refractivity contribution in [3.05, 3.63) is 24.3 Å². The number of amides is 1. The highest BCUT2D eigenvalue weighted by atomic mass is 32.2. The molecule has 1 aromatic rings. The maximum absolute atomic E-state index is 12.1. The van der Waals surface area contributed by atoms with Gasteiger partial charge in [-0.15, -0.1) is 0 Å². The average Bonchev–Trinajstić information content (AvgIpc) is 2.85. The van der Waals surface area contributed by atoms with Crippen LogP contribution in [0.4, 0.5) is 5.69 Å². The second-order valence-electron chi connectivity index (χ2n) is 5.10. The van der Waals surface area contributed by atoms with Crippen LogP contribution in [0.2, 0.25) is 0 Å². The van der Waals surface area contributed by atoms with E-state index in [2.05, 4.69) is 4.72 Å². The predicted octanol–water partition coefficient (Wildman–Crippen LogP) is -0.172. The van der Waals surface area contributed by atoms with Crippen LogP contribution in [0.15, 0.2) is 29.2 Å². The van der Waals surface area contributed by atoms with Crippen molar-refractivity contribution in [2.45, 2.75) is 23.8 Å². The van der Waals surface area contributed by atoms with E-state index in [4.69, 9.17) is 16.2 Å². The maximum atomic E-state index is 12.1. The molecule has 0 aromatic heterocycles. The first-order valence-electron chi connectivity index (χ1n) is 6.63. The van der Waals surface area contributed by atoms with Crippen LogP contribution in [0.1, 0.15) is 12.8 Å². The lowest BCUT2D eigenvalue weighted by Crippen LogP contribution is -2.32. The fourth-order valence-corrected chi connectivity index (χ4v) is 3.33. The SMILES string of the molecule is NCC1CC(CC(=O)NS(=O)(=O)c2cccc(N)c2)CO1. The van der Waals surface area contributed by atoms with Gasteiger partial charge < -0.3 is 16.2 Å². The molecule has 0 spiro atoms. The number of sulfonamides is 1. The zero-order valence-corrected chi connectivity index (χ0v) is 12.3. The van der Waals surface area contributed by atoms with Crippen molar-refractivity contribution in [3.8, 4) is 0 Å². The number of nitrogen functional groups attached to an aromatic ring is 1. The third-order valence-electron chi connectivity index (χ3n) is 3.32. The van der Waals surface area contributed by atoms with Crippen LogP contribution in [0, 0.1) is 5.92 Å². The summed E-state index contributed by atoms with van der Waals surface area (Å²) in [7, 11) is -3.89. The molecule has 0 saturated carbocycles. The van der Waals surface area contributed by atoms with Gasteiger partial charge in [0.1, 0.15) is 0 Å². The Kier molecular flexibility index (Phi) is 4.81. The third kappa shape index (κ3) is 4.16. The number of ether oxygens (including phenoxy) is 1. The molecule has 1 aliphatic heterocycles. The lowest BCUT2D eigenvalue weighted by molar-refractivity contribution is -0.120. The summed E-state index contributed by atoms with van der Waals surface area (Å²) in [5.74, 6) is -0.557. The van der Waals surface area contributed by atoms with E-state index in [0.717, 1.165) is 0 Å². The number of hydrogen-bond acceptors (Lipinski definition) is 6. The van der Waals surface area contributed by atoms with Crippen molar-refractivity contribution in [1.29, 1.82) is 0 Å². The van der Waals surface area contributed by atoms with Crippen LogP contribution in [0.3, 0.4) is 0 Å². The van der Waals surface area contributed by atoms with Crippen molar-refractivity contribution in [2.75, 3.05) is 18.9 Å². The Hall–Kier alpha value is -1.64. The zero-order valence-electron chi connectivity index (χ0n) is 11.5.